The third-order valence-electron chi connectivity index (χ3n) is 4.05. The molecule has 1 aliphatic rings. The molecule has 3 rings (SSSR count). The van der Waals surface area contributed by atoms with E-state index >= 15 is 0 Å². The molecule has 29 heavy (non-hydrogen) atoms. The number of methoxy groups -OCH3 is 2. The number of esters is 2. The van der Waals surface area contributed by atoms with Gasteiger partial charge in [-0.15, -0.1) is 0 Å². The van der Waals surface area contributed by atoms with E-state index in [0.717, 1.165) is 0 Å². The molecule has 0 saturated carbocycles. The van der Waals surface area contributed by atoms with Gasteiger partial charge in [0, 0.05) is 16.9 Å². The molecule has 1 heterocycles. The average molecular weight is 412 g/mol. The maximum Gasteiger partial charge on any atom is 0.355 e. The Morgan fingerprint density at radius 3 is 2.00 bits per heavy atom. The first kappa shape index (κ1) is 20.2. The minimum absolute atomic E-state index is 0.0516. The topological polar surface area (TPSA) is 65.1 Å². The van der Waals surface area contributed by atoms with E-state index in [0.29, 0.717) is 22.2 Å². The van der Waals surface area contributed by atoms with Crippen molar-refractivity contribution >= 4 is 29.2 Å². The maximum absolute atomic E-state index is 12.4. The molecule has 0 unspecified atom stereocenters. The van der Waals surface area contributed by atoms with Crippen molar-refractivity contribution in [1.29, 1.82) is 0 Å². The van der Waals surface area contributed by atoms with Gasteiger partial charge in [0.15, 0.2) is 0 Å². The molecule has 148 valence electrons. The molecule has 6 nitrogen and oxygen atoms in total. The zero-order valence-corrected chi connectivity index (χ0v) is 16.6. The summed E-state index contributed by atoms with van der Waals surface area (Å²) in [5, 5.41) is 0.623. The first-order valence-corrected chi connectivity index (χ1v) is 9.00. The van der Waals surface area contributed by atoms with E-state index in [4.69, 9.17) is 25.8 Å². The Morgan fingerprint density at radius 1 is 0.828 bits per heavy atom. The van der Waals surface area contributed by atoms with E-state index in [2.05, 4.69) is 0 Å². The Bertz CT molecular complexity index is 991. The number of ether oxygens (including phenoxy) is 3. The molecule has 7 heteroatoms. The van der Waals surface area contributed by atoms with Crippen LogP contribution in [0.1, 0.15) is 0 Å². The zero-order valence-electron chi connectivity index (χ0n) is 15.8. The molecular formula is C22H18ClNO5. The molecule has 0 radical (unpaired) electrons. The second-order valence-corrected chi connectivity index (χ2v) is 6.30. The molecule has 0 fully saturated rings. The lowest BCUT2D eigenvalue weighted by Crippen LogP contribution is -2.26. The van der Waals surface area contributed by atoms with Crippen molar-refractivity contribution in [2.24, 2.45) is 0 Å². The lowest BCUT2D eigenvalue weighted by Gasteiger charge is -2.23. The van der Waals surface area contributed by atoms with Crippen LogP contribution in [0.2, 0.25) is 5.02 Å². The first-order valence-electron chi connectivity index (χ1n) is 8.62. The van der Waals surface area contributed by atoms with Crippen molar-refractivity contribution in [2.45, 2.75) is 0 Å². The number of halogens is 1. The van der Waals surface area contributed by atoms with Crippen molar-refractivity contribution < 1.29 is 23.8 Å². The fraction of sp³-hybridized carbons (Fsp3) is 0.0909. The molecule has 0 atom stereocenters. The van der Waals surface area contributed by atoms with Crippen molar-refractivity contribution in [3.8, 4) is 11.5 Å². The van der Waals surface area contributed by atoms with Gasteiger partial charge in [-0.05, 0) is 60.7 Å². The summed E-state index contributed by atoms with van der Waals surface area (Å²) in [5.74, 6) is -0.0601. The van der Waals surface area contributed by atoms with Gasteiger partial charge in [0.2, 0.25) is 0 Å². The smallest absolute Gasteiger partial charge is 0.355 e. The number of allylic oxidation sites excluding steroid dienone is 2. The highest BCUT2D eigenvalue weighted by atomic mass is 35.5. The predicted octanol–water partition coefficient (Wildman–Crippen LogP) is 4.62. The molecule has 0 amide bonds. The number of carbonyl (C=O) groups excluding carboxylic acids is 2. The number of anilines is 1. The van der Waals surface area contributed by atoms with Crippen LogP contribution in [0.15, 0.2) is 84.2 Å². The summed E-state index contributed by atoms with van der Waals surface area (Å²) >= 11 is 5.88. The molecule has 0 N–H and O–H groups in total. The normalized spacial score (nSPS) is 13.1. The summed E-state index contributed by atoms with van der Waals surface area (Å²) in [6.45, 7) is 0. The van der Waals surface area contributed by atoms with Crippen LogP contribution in [-0.4, -0.2) is 26.2 Å². The van der Waals surface area contributed by atoms with Gasteiger partial charge >= 0.3 is 11.9 Å². The number of hydrogen-bond acceptors (Lipinski definition) is 6. The Morgan fingerprint density at radius 2 is 1.41 bits per heavy atom. The van der Waals surface area contributed by atoms with Crippen molar-refractivity contribution in [2.75, 3.05) is 19.1 Å². The van der Waals surface area contributed by atoms with Gasteiger partial charge in [0.05, 0.1) is 19.8 Å². The van der Waals surface area contributed by atoms with Gasteiger partial charge in [-0.25, -0.2) is 9.59 Å². The summed E-state index contributed by atoms with van der Waals surface area (Å²) < 4.78 is 15.5. The standard InChI is InChI=1S/C22H18ClNO5/c1-27-21(25)19-5-3-4-14-24(20(19)22(26)28-2)16-8-12-18(13-9-16)29-17-10-6-15(23)7-11-17/h3-14H,1-2H3. The van der Waals surface area contributed by atoms with Gasteiger partial charge in [0.1, 0.15) is 17.2 Å². The van der Waals surface area contributed by atoms with Gasteiger partial charge < -0.3 is 19.1 Å². The summed E-state index contributed by atoms with van der Waals surface area (Å²) in [4.78, 5) is 26.2. The first-order chi connectivity index (χ1) is 14.0. The van der Waals surface area contributed by atoms with Gasteiger partial charge in [-0.2, -0.15) is 0 Å². The predicted molar refractivity (Wildman–Crippen MR) is 110 cm³/mol. The molecule has 1 aliphatic heterocycles. The summed E-state index contributed by atoms with van der Waals surface area (Å²) in [6, 6.07) is 14.0. The van der Waals surface area contributed by atoms with Crippen LogP contribution in [0.25, 0.3) is 0 Å². The van der Waals surface area contributed by atoms with Crippen LogP contribution in [0.5, 0.6) is 11.5 Å². The van der Waals surface area contributed by atoms with Crippen molar-refractivity contribution in [3.05, 3.63) is 89.3 Å². The molecule has 0 saturated heterocycles. The Kier molecular flexibility index (Phi) is 6.36. The Labute approximate surface area is 173 Å². The zero-order chi connectivity index (χ0) is 20.8. The molecular weight excluding hydrogens is 394 g/mol. The number of rotatable bonds is 5. The monoisotopic (exact) mass is 411 g/mol. The van der Waals surface area contributed by atoms with E-state index in [1.54, 1.807) is 71.8 Å². The van der Waals surface area contributed by atoms with Crippen LogP contribution < -0.4 is 9.64 Å². The van der Waals surface area contributed by atoms with E-state index in [9.17, 15) is 9.59 Å². The minimum Gasteiger partial charge on any atom is -0.465 e. The van der Waals surface area contributed by atoms with Crippen molar-refractivity contribution in [3.63, 3.8) is 0 Å². The lowest BCUT2D eigenvalue weighted by molar-refractivity contribution is -0.139. The molecule has 2 aromatic rings. The van der Waals surface area contributed by atoms with Crippen molar-refractivity contribution in [1.82, 2.24) is 0 Å². The molecule has 0 aromatic heterocycles. The molecule has 0 bridgehead atoms. The molecule has 0 aliphatic carbocycles. The highest BCUT2D eigenvalue weighted by molar-refractivity contribution is 6.30. The quantitative estimate of drug-likeness (QED) is 0.669. The second kappa shape index (κ2) is 9.12. The van der Waals surface area contributed by atoms with Crippen LogP contribution in [0.3, 0.4) is 0 Å². The Balaban J connectivity index is 1.93. The van der Waals surface area contributed by atoms with E-state index < -0.39 is 11.9 Å². The van der Waals surface area contributed by atoms with Gasteiger partial charge in [-0.3, -0.25) is 0 Å². The average Bonchev–Trinajstić information content (AvgIpc) is 2.98. The number of hydrogen-bond donors (Lipinski definition) is 0. The molecule has 2 aromatic carbocycles. The van der Waals surface area contributed by atoms with E-state index in [1.807, 2.05) is 0 Å². The summed E-state index contributed by atoms with van der Waals surface area (Å²) in [7, 11) is 2.51. The van der Waals surface area contributed by atoms with Crippen LogP contribution in [0.4, 0.5) is 5.69 Å². The number of benzene rings is 2. The third-order valence-corrected chi connectivity index (χ3v) is 4.31. The fourth-order valence-corrected chi connectivity index (χ4v) is 2.81. The minimum atomic E-state index is -0.664. The highest BCUT2D eigenvalue weighted by Gasteiger charge is 2.27. The lowest BCUT2D eigenvalue weighted by atomic mass is 10.1. The maximum atomic E-state index is 12.4. The van der Waals surface area contributed by atoms with E-state index in [-0.39, 0.29) is 11.3 Å². The third kappa shape index (κ3) is 4.67. The summed E-state index contributed by atoms with van der Waals surface area (Å²) in [5.41, 5.74) is 0.775. The fourth-order valence-electron chi connectivity index (χ4n) is 2.68. The van der Waals surface area contributed by atoms with E-state index in [1.165, 1.54) is 20.3 Å². The largest absolute Gasteiger partial charge is 0.465 e. The molecule has 0 spiro atoms. The van der Waals surface area contributed by atoms with Crippen LogP contribution in [-0.2, 0) is 19.1 Å². The highest BCUT2D eigenvalue weighted by Crippen LogP contribution is 2.29. The second-order valence-electron chi connectivity index (χ2n) is 5.87. The Hall–Kier alpha value is -3.51. The summed E-state index contributed by atoms with van der Waals surface area (Å²) in [6.07, 6.45) is 6.52. The SMILES string of the molecule is COC(=O)C1=C(C(=O)OC)N(c2ccc(Oc3ccc(Cl)cc3)cc2)C=CC=C1. The van der Waals surface area contributed by atoms with Crippen LogP contribution >= 0.6 is 11.6 Å². The van der Waals surface area contributed by atoms with Gasteiger partial charge in [-0.1, -0.05) is 17.7 Å². The number of carbonyl (C=O) groups is 2. The van der Waals surface area contributed by atoms with Crippen LogP contribution in [0, 0.1) is 0 Å². The van der Waals surface area contributed by atoms with Gasteiger partial charge in [0.25, 0.3) is 0 Å². The number of nitrogens with zero attached hydrogens (tertiary/aromatic N) is 1.